The maximum absolute atomic E-state index is 3.70. The molecule has 0 spiro atoms. The number of hydrogen-bond donors (Lipinski definition) is 1. The lowest BCUT2D eigenvalue weighted by atomic mass is 9.77. The molecular weight excluding hydrogens is 220 g/mol. The molecule has 3 rings (SSSR count). The van der Waals surface area contributed by atoms with Crippen molar-refractivity contribution in [3.63, 3.8) is 0 Å². The monoisotopic (exact) mass is 250 g/mol. The van der Waals surface area contributed by atoms with Crippen LogP contribution in [0.25, 0.3) is 0 Å². The van der Waals surface area contributed by atoms with Crippen molar-refractivity contribution in [3.8, 4) is 0 Å². The molecule has 104 valence electrons. The number of piperidine rings is 2. The quantitative estimate of drug-likeness (QED) is 0.824. The molecule has 3 fully saturated rings. The zero-order chi connectivity index (χ0) is 12.8. The third kappa shape index (κ3) is 2.22. The van der Waals surface area contributed by atoms with Gasteiger partial charge in [-0.25, -0.2) is 0 Å². The van der Waals surface area contributed by atoms with Crippen molar-refractivity contribution in [2.75, 3.05) is 6.54 Å². The van der Waals surface area contributed by atoms with Crippen LogP contribution in [0.4, 0.5) is 0 Å². The van der Waals surface area contributed by atoms with Crippen LogP contribution in [-0.2, 0) is 0 Å². The van der Waals surface area contributed by atoms with E-state index in [1.165, 1.54) is 44.9 Å². The minimum Gasteiger partial charge on any atom is -0.314 e. The van der Waals surface area contributed by atoms with E-state index < -0.39 is 0 Å². The predicted octanol–water partition coefficient (Wildman–Crippen LogP) is 3.17. The summed E-state index contributed by atoms with van der Waals surface area (Å²) in [5, 5.41) is 3.70. The average molecular weight is 250 g/mol. The zero-order valence-electron chi connectivity index (χ0n) is 12.4. The van der Waals surface area contributed by atoms with Gasteiger partial charge in [-0.05, 0) is 64.8 Å². The van der Waals surface area contributed by atoms with Gasteiger partial charge >= 0.3 is 0 Å². The fourth-order valence-corrected chi connectivity index (χ4v) is 4.78. The Kier molecular flexibility index (Phi) is 3.44. The Morgan fingerprint density at radius 1 is 1.06 bits per heavy atom. The van der Waals surface area contributed by atoms with Crippen molar-refractivity contribution < 1.29 is 0 Å². The summed E-state index contributed by atoms with van der Waals surface area (Å²) in [6, 6.07) is 2.51. The maximum Gasteiger partial charge on any atom is 0.0187 e. The Balaban J connectivity index is 1.75. The van der Waals surface area contributed by atoms with E-state index in [1.54, 1.807) is 0 Å². The highest BCUT2D eigenvalue weighted by molar-refractivity contribution is 5.05. The van der Waals surface area contributed by atoms with E-state index in [2.05, 4.69) is 31.0 Å². The SMILES string of the molecule is CCNC1CC2CCCC(C1)N2C(C)(C)C1CC1. The first kappa shape index (κ1) is 12.9. The summed E-state index contributed by atoms with van der Waals surface area (Å²) in [4.78, 5) is 2.95. The van der Waals surface area contributed by atoms with Gasteiger partial charge in [-0.1, -0.05) is 13.3 Å². The van der Waals surface area contributed by atoms with Crippen LogP contribution in [0.5, 0.6) is 0 Å². The normalized spacial score (nSPS) is 37.8. The lowest BCUT2D eigenvalue weighted by molar-refractivity contribution is -0.0573. The minimum atomic E-state index is 0.465. The molecule has 2 heterocycles. The van der Waals surface area contributed by atoms with Gasteiger partial charge in [-0.15, -0.1) is 0 Å². The molecule has 0 aromatic rings. The van der Waals surface area contributed by atoms with Crippen molar-refractivity contribution in [2.24, 2.45) is 5.92 Å². The molecule has 2 saturated heterocycles. The summed E-state index contributed by atoms with van der Waals surface area (Å²) in [6.45, 7) is 8.42. The second-order valence-corrected chi connectivity index (χ2v) is 7.30. The van der Waals surface area contributed by atoms with Crippen LogP contribution in [0, 0.1) is 5.92 Å². The summed E-state index contributed by atoms with van der Waals surface area (Å²) in [6.07, 6.45) is 10.1. The summed E-state index contributed by atoms with van der Waals surface area (Å²) >= 11 is 0. The van der Waals surface area contributed by atoms with Crippen molar-refractivity contribution in [1.29, 1.82) is 0 Å². The molecule has 2 unspecified atom stereocenters. The lowest BCUT2D eigenvalue weighted by Crippen LogP contribution is -2.63. The number of hydrogen-bond acceptors (Lipinski definition) is 2. The van der Waals surface area contributed by atoms with Gasteiger partial charge in [0.05, 0.1) is 0 Å². The first-order chi connectivity index (χ1) is 8.63. The molecule has 3 aliphatic rings. The van der Waals surface area contributed by atoms with Gasteiger partial charge in [0.15, 0.2) is 0 Å². The molecule has 2 heteroatoms. The molecule has 18 heavy (non-hydrogen) atoms. The highest BCUT2D eigenvalue weighted by atomic mass is 15.3. The molecule has 0 amide bonds. The smallest absolute Gasteiger partial charge is 0.0187 e. The Hall–Kier alpha value is -0.0800. The third-order valence-corrected chi connectivity index (χ3v) is 5.71. The van der Waals surface area contributed by atoms with Gasteiger partial charge < -0.3 is 5.32 Å². The topological polar surface area (TPSA) is 15.3 Å². The van der Waals surface area contributed by atoms with Gasteiger partial charge in [0, 0.05) is 23.7 Å². The lowest BCUT2D eigenvalue weighted by Gasteiger charge is -2.56. The van der Waals surface area contributed by atoms with Crippen molar-refractivity contribution in [3.05, 3.63) is 0 Å². The van der Waals surface area contributed by atoms with E-state index in [0.29, 0.717) is 5.54 Å². The van der Waals surface area contributed by atoms with E-state index >= 15 is 0 Å². The predicted molar refractivity (Wildman–Crippen MR) is 76.8 cm³/mol. The molecule has 1 saturated carbocycles. The third-order valence-electron chi connectivity index (χ3n) is 5.71. The molecule has 1 N–H and O–H groups in total. The summed E-state index contributed by atoms with van der Waals surface area (Å²) in [7, 11) is 0. The summed E-state index contributed by atoms with van der Waals surface area (Å²) in [5.41, 5.74) is 0.465. The van der Waals surface area contributed by atoms with E-state index in [-0.39, 0.29) is 0 Å². The van der Waals surface area contributed by atoms with Gasteiger partial charge in [0.2, 0.25) is 0 Å². The Bertz CT molecular complexity index is 281. The minimum absolute atomic E-state index is 0.465. The van der Waals surface area contributed by atoms with Gasteiger partial charge in [-0.2, -0.15) is 0 Å². The zero-order valence-corrected chi connectivity index (χ0v) is 12.4. The largest absolute Gasteiger partial charge is 0.314 e. The molecule has 2 atom stereocenters. The molecule has 1 aliphatic carbocycles. The van der Waals surface area contributed by atoms with Gasteiger partial charge in [0.1, 0.15) is 0 Å². The van der Waals surface area contributed by atoms with Crippen LogP contribution in [0.1, 0.15) is 65.7 Å². The first-order valence-electron chi connectivity index (χ1n) is 8.14. The second kappa shape index (κ2) is 4.79. The van der Waals surface area contributed by atoms with E-state index in [0.717, 1.165) is 30.6 Å². The molecule has 0 aromatic heterocycles. The molecule has 0 radical (unpaired) electrons. The Morgan fingerprint density at radius 3 is 2.17 bits per heavy atom. The summed E-state index contributed by atoms with van der Waals surface area (Å²) < 4.78 is 0. The van der Waals surface area contributed by atoms with Crippen LogP contribution in [-0.4, -0.2) is 35.1 Å². The van der Waals surface area contributed by atoms with E-state index in [4.69, 9.17) is 0 Å². The molecule has 2 nitrogen and oxygen atoms in total. The molecular formula is C16H30N2. The number of nitrogens with one attached hydrogen (secondary N) is 1. The highest BCUT2D eigenvalue weighted by Crippen LogP contribution is 2.48. The van der Waals surface area contributed by atoms with Crippen LogP contribution >= 0.6 is 0 Å². The Labute approximate surface area is 113 Å². The number of fused-ring (bicyclic) bond motifs is 2. The number of nitrogens with zero attached hydrogens (tertiary/aromatic N) is 1. The van der Waals surface area contributed by atoms with Gasteiger partial charge in [-0.3, -0.25) is 4.90 Å². The highest BCUT2D eigenvalue weighted by Gasteiger charge is 2.50. The average Bonchev–Trinajstić information content (AvgIpc) is 3.11. The number of rotatable bonds is 4. The van der Waals surface area contributed by atoms with Gasteiger partial charge in [0.25, 0.3) is 0 Å². The molecule has 2 bridgehead atoms. The standard InChI is InChI=1S/C16H30N2/c1-4-17-13-10-14-6-5-7-15(11-13)18(14)16(2,3)12-8-9-12/h12-15,17H,4-11H2,1-3H3. The second-order valence-electron chi connectivity index (χ2n) is 7.30. The molecule has 2 aliphatic heterocycles. The van der Waals surface area contributed by atoms with E-state index in [9.17, 15) is 0 Å². The van der Waals surface area contributed by atoms with Crippen molar-refractivity contribution >= 4 is 0 Å². The van der Waals surface area contributed by atoms with Crippen molar-refractivity contribution in [1.82, 2.24) is 10.2 Å². The van der Waals surface area contributed by atoms with Crippen LogP contribution in [0.2, 0.25) is 0 Å². The first-order valence-corrected chi connectivity index (χ1v) is 8.14. The van der Waals surface area contributed by atoms with Crippen LogP contribution in [0.15, 0.2) is 0 Å². The van der Waals surface area contributed by atoms with Crippen LogP contribution < -0.4 is 5.32 Å². The fraction of sp³-hybridized carbons (Fsp3) is 1.00. The molecule has 0 aromatic carbocycles. The van der Waals surface area contributed by atoms with Crippen LogP contribution in [0.3, 0.4) is 0 Å². The fourth-order valence-electron chi connectivity index (χ4n) is 4.78. The Morgan fingerprint density at radius 2 is 1.67 bits per heavy atom. The van der Waals surface area contributed by atoms with Crippen molar-refractivity contribution in [2.45, 2.75) is 89.4 Å². The summed E-state index contributed by atoms with van der Waals surface area (Å²) in [5.74, 6) is 0.983. The van der Waals surface area contributed by atoms with E-state index in [1.807, 2.05) is 0 Å². The maximum atomic E-state index is 3.70.